The predicted molar refractivity (Wildman–Crippen MR) is 81.5 cm³/mol. The quantitative estimate of drug-likeness (QED) is 0.603. The molecule has 104 valence electrons. The summed E-state index contributed by atoms with van der Waals surface area (Å²) in [6, 6.07) is 0.507. The molecule has 0 aliphatic carbocycles. The molecule has 1 N–H and O–H groups in total. The van der Waals surface area contributed by atoms with E-state index in [1.54, 1.807) is 5.57 Å². The Morgan fingerprint density at radius 2 is 1.94 bits per heavy atom. The molecule has 0 fully saturated rings. The zero-order valence-corrected chi connectivity index (χ0v) is 12.9. The normalized spacial score (nSPS) is 22.6. The SMILES string of the molecule is C/C=C(/C1C=CN1)C(CC)C(C)CCCC(C)C. The molecule has 0 saturated heterocycles. The number of hydrogen-bond donors (Lipinski definition) is 1. The van der Waals surface area contributed by atoms with Crippen LogP contribution in [0.3, 0.4) is 0 Å². The number of nitrogens with one attached hydrogen (secondary N) is 1. The minimum Gasteiger partial charge on any atom is -0.381 e. The van der Waals surface area contributed by atoms with Gasteiger partial charge in [-0.3, -0.25) is 0 Å². The summed E-state index contributed by atoms with van der Waals surface area (Å²) in [5.41, 5.74) is 1.59. The summed E-state index contributed by atoms with van der Waals surface area (Å²) in [6.07, 6.45) is 12.0. The van der Waals surface area contributed by atoms with E-state index in [-0.39, 0.29) is 0 Å². The van der Waals surface area contributed by atoms with Gasteiger partial charge in [0.1, 0.15) is 0 Å². The van der Waals surface area contributed by atoms with Crippen molar-refractivity contribution >= 4 is 0 Å². The second-order valence-corrected chi connectivity index (χ2v) is 6.11. The number of rotatable bonds is 8. The van der Waals surface area contributed by atoms with Crippen LogP contribution >= 0.6 is 0 Å². The summed E-state index contributed by atoms with van der Waals surface area (Å²) < 4.78 is 0. The molecule has 1 rings (SSSR count). The van der Waals surface area contributed by atoms with Gasteiger partial charge in [-0.1, -0.05) is 53.0 Å². The molecule has 0 radical (unpaired) electrons. The molecule has 1 heterocycles. The van der Waals surface area contributed by atoms with Crippen molar-refractivity contribution in [2.45, 2.75) is 66.3 Å². The molecular formula is C17H31N. The zero-order valence-electron chi connectivity index (χ0n) is 12.9. The fraction of sp³-hybridized carbons (Fsp3) is 0.765. The van der Waals surface area contributed by atoms with Crippen LogP contribution in [0.15, 0.2) is 23.9 Å². The summed E-state index contributed by atoms with van der Waals surface area (Å²) in [5.74, 6) is 2.38. The van der Waals surface area contributed by atoms with Crippen LogP contribution in [0.25, 0.3) is 0 Å². The molecule has 0 saturated carbocycles. The van der Waals surface area contributed by atoms with E-state index < -0.39 is 0 Å². The van der Waals surface area contributed by atoms with Gasteiger partial charge in [-0.05, 0) is 48.9 Å². The third-order valence-corrected chi connectivity index (χ3v) is 4.25. The Hall–Kier alpha value is -0.720. The first-order valence-electron chi connectivity index (χ1n) is 7.68. The first-order chi connectivity index (χ1) is 8.60. The Morgan fingerprint density at radius 3 is 2.33 bits per heavy atom. The third kappa shape index (κ3) is 4.19. The van der Waals surface area contributed by atoms with E-state index in [0.717, 1.165) is 17.8 Å². The van der Waals surface area contributed by atoms with Crippen LogP contribution in [0, 0.1) is 17.8 Å². The van der Waals surface area contributed by atoms with Crippen molar-refractivity contribution < 1.29 is 0 Å². The van der Waals surface area contributed by atoms with Crippen LogP contribution in [-0.2, 0) is 0 Å². The van der Waals surface area contributed by atoms with E-state index in [2.05, 4.69) is 58.3 Å². The van der Waals surface area contributed by atoms with Crippen LogP contribution < -0.4 is 5.32 Å². The van der Waals surface area contributed by atoms with Gasteiger partial charge >= 0.3 is 0 Å². The van der Waals surface area contributed by atoms with E-state index in [1.165, 1.54) is 25.7 Å². The maximum absolute atomic E-state index is 3.39. The highest BCUT2D eigenvalue weighted by Gasteiger charge is 2.25. The Morgan fingerprint density at radius 1 is 1.28 bits per heavy atom. The van der Waals surface area contributed by atoms with Crippen LogP contribution in [-0.4, -0.2) is 6.04 Å². The Kier molecular flexibility index (Phi) is 6.52. The smallest absolute Gasteiger partial charge is 0.0671 e. The van der Waals surface area contributed by atoms with Gasteiger partial charge in [0, 0.05) is 0 Å². The van der Waals surface area contributed by atoms with Crippen molar-refractivity contribution in [1.29, 1.82) is 0 Å². The maximum atomic E-state index is 3.39. The first-order valence-corrected chi connectivity index (χ1v) is 7.68. The van der Waals surface area contributed by atoms with Gasteiger partial charge < -0.3 is 5.32 Å². The lowest BCUT2D eigenvalue weighted by atomic mass is 9.78. The van der Waals surface area contributed by atoms with E-state index in [0.29, 0.717) is 6.04 Å². The van der Waals surface area contributed by atoms with Gasteiger partial charge in [-0.15, -0.1) is 0 Å². The summed E-state index contributed by atoms with van der Waals surface area (Å²) in [6.45, 7) is 11.6. The minimum absolute atomic E-state index is 0.507. The maximum Gasteiger partial charge on any atom is 0.0671 e. The summed E-state index contributed by atoms with van der Waals surface area (Å²) >= 11 is 0. The molecule has 0 aromatic heterocycles. The molecule has 0 amide bonds. The molecule has 0 aromatic carbocycles. The predicted octanol–water partition coefficient (Wildman–Crippen LogP) is 4.91. The summed E-state index contributed by atoms with van der Waals surface area (Å²) in [5, 5.41) is 3.39. The van der Waals surface area contributed by atoms with Gasteiger partial charge in [-0.2, -0.15) is 0 Å². The van der Waals surface area contributed by atoms with E-state index >= 15 is 0 Å². The van der Waals surface area contributed by atoms with Gasteiger partial charge in [0.2, 0.25) is 0 Å². The largest absolute Gasteiger partial charge is 0.381 e. The van der Waals surface area contributed by atoms with Gasteiger partial charge in [-0.25, -0.2) is 0 Å². The Bertz CT molecular complexity index is 288. The molecule has 0 aromatic rings. The van der Waals surface area contributed by atoms with Crippen molar-refractivity contribution in [3.63, 3.8) is 0 Å². The fourth-order valence-corrected chi connectivity index (χ4v) is 3.04. The molecule has 3 atom stereocenters. The van der Waals surface area contributed by atoms with Crippen LogP contribution in [0.4, 0.5) is 0 Å². The van der Waals surface area contributed by atoms with Crippen LogP contribution in [0.2, 0.25) is 0 Å². The number of allylic oxidation sites excluding steroid dienone is 1. The molecule has 1 aliphatic rings. The average Bonchev–Trinajstić information content (AvgIpc) is 2.25. The lowest BCUT2D eigenvalue weighted by Gasteiger charge is -2.33. The van der Waals surface area contributed by atoms with Gasteiger partial charge in [0.25, 0.3) is 0 Å². The van der Waals surface area contributed by atoms with Crippen molar-refractivity contribution in [3.8, 4) is 0 Å². The monoisotopic (exact) mass is 249 g/mol. The van der Waals surface area contributed by atoms with Crippen molar-refractivity contribution in [1.82, 2.24) is 5.32 Å². The molecular weight excluding hydrogens is 218 g/mol. The molecule has 1 heteroatoms. The highest BCUT2D eigenvalue weighted by Crippen LogP contribution is 2.32. The van der Waals surface area contributed by atoms with E-state index in [4.69, 9.17) is 0 Å². The number of hydrogen-bond acceptors (Lipinski definition) is 1. The topological polar surface area (TPSA) is 12.0 Å². The molecule has 0 spiro atoms. The highest BCUT2D eigenvalue weighted by atomic mass is 14.9. The van der Waals surface area contributed by atoms with Gasteiger partial charge in [0.05, 0.1) is 6.04 Å². The van der Waals surface area contributed by atoms with E-state index in [9.17, 15) is 0 Å². The molecule has 3 unspecified atom stereocenters. The molecule has 18 heavy (non-hydrogen) atoms. The molecule has 0 bridgehead atoms. The third-order valence-electron chi connectivity index (χ3n) is 4.25. The van der Waals surface area contributed by atoms with Crippen molar-refractivity contribution in [2.75, 3.05) is 0 Å². The first kappa shape index (κ1) is 15.3. The van der Waals surface area contributed by atoms with E-state index in [1.807, 2.05) is 0 Å². The van der Waals surface area contributed by atoms with Gasteiger partial charge in [0.15, 0.2) is 0 Å². The van der Waals surface area contributed by atoms with Crippen LogP contribution in [0.1, 0.15) is 60.3 Å². The second-order valence-electron chi connectivity index (χ2n) is 6.11. The summed E-state index contributed by atoms with van der Waals surface area (Å²) in [4.78, 5) is 0. The lowest BCUT2D eigenvalue weighted by molar-refractivity contribution is 0.339. The Balaban J connectivity index is 2.50. The lowest BCUT2D eigenvalue weighted by Crippen LogP contribution is -2.36. The van der Waals surface area contributed by atoms with Crippen molar-refractivity contribution in [3.05, 3.63) is 23.9 Å². The van der Waals surface area contributed by atoms with Crippen LogP contribution in [0.5, 0.6) is 0 Å². The standard InChI is InChI=1S/C17H31N/c1-6-15(14(5)10-8-9-13(3)4)16(7-2)17-11-12-18-17/h7,11-15,17-18H,6,8-10H2,1-5H3/b16-7+. The Labute approximate surface area is 114 Å². The average molecular weight is 249 g/mol. The summed E-state index contributed by atoms with van der Waals surface area (Å²) in [7, 11) is 0. The fourth-order valence-electron chi connectivity index (χ4n) is 3.04. The minimum atomic E-state index is 0.507. The highest BCUT2D eigenvalue weighted by molar-refractivity contribution is 5.26. The zero-order chi connectivity index (χ0) is 13.5. The molecule has 1 nitrogen and oxygen atoms in total. The molecule has 1 aliphatic heterocycles. The van der Waals surface area contributed by atoms with Crippen molar-refractivity contribution in [2.24, 2.45) is 17.8 Å². The second kappa shape index (κ2) is 7.66.